The summed E-state index contributed by atoms with van der Waals surface area (Å²) in [5.41, 5.74) is 0.391. The molecule has 0 spiro atoms. The van der Waals surface area contributed by atoms with Crippen molar-refractivity contribution in [2.75, 3.05) is 25.2 Å². The van der Waals surface area contributed by atoms with E-state index >= 15 is 0 Å². The Balaban J connectivity index is 1.95. The van der Waals surface area contributed by atoms with Gasteiger partial charge in [-0.15, -0.1) is 0 Å². The highest BCUT2D eigenvalue weighted by Gasteiger charge is 2.32. The third-order valence-corrected chi connectivity index (χ3v) is 5.17. The number of amides is 1. The first-order valence-electron chi connectivity index (χ1n) is 8.26. The second-order valence-corrected chi connectivity index (χ2v) is 8.14. The van der Waals surface area contributed by atoms with Crippen LogP contribution < -0.4 is 9.64 Å². The monoisotopic (exact) mass is 348 g/mol. The molecule has 2 heterocycles. The number of benzene rings is 1. The van der Waals surface area contributed by atoms with Crippen molar-refractivity contribution in [2.24, 2.45) is 5.41 Å². The standard InChI is InChI=1S/C18H24N2O3S/c1-18(2,3)16(21)20(11-13-6-5-9-23-13)17-19-14-10-12(22-4)7-8-15(14)24-17/h7-8,10,13H,5-6,9,11H2,1-4H3. The van der Waals surface area contributed by atoms with Crippen LogP contribution in [0.4, 0.5) is 5.13 Å². The maximum Gasteiger partial charge on any atom is 0.234 e. The number of ether oxygens (including phenoxy) is 2. The van der Waals surface area contributed by atoms with E-state index in [9.17, 15) is 4.79 Å². The highest BCUT2D eigenvalue weighted by molar-refractivity contribution is 7.22. The Morgan fingerprint density at radius 1 is 1.46 bits per heavy atom. The van der Waals surface area contributed by atoms with Crippen molar-refractivity contribution in [3.05, 3.63) is 18.2 Å². The van der Waals surface area contributed by atoms with Gasteiger partial charge in [0.1, 0.15) is 5.75 Å². The van der Waals surface area contributed by atoms with E-state index in [-0.39, 0.29) is 12.0 Å². The van der Waals surface area contributed by atoms with Crippen molar-refractivity contribution < 1.29 is 14.3 Å². The predicted molar refractivity (Wildman–Crippen MR) is 97.0 cm³/mol. The third-order valence-electron chi connectivity index (χ3n) is 4.11. The number of hydrogen-bond acceptors (Lipinski definition) is 5. The van der Waals surface area contributed by atoms with Gasteiger partial charge in [-0.2, -0.15) is 0 Å². The molecule has 1 unspecified atom stereocenters. The Morgan fingerprint density at radius 3 is 2.88 bits per heavy atom. The molecule has 0 N–H and O–H groups in total. The Bertz CT molecular complexity index is 729. The largest absolute Gasteiger partial charge is 0.497 e. The molecule has 0 radical (unpaired) electrons. The summed E-state index contributed by atoms with van der Waals surface area (Å²) in [6.45, 7) is 7.16. The number of anilines is 1. The van der Waals surface area contributed by atoms with E-state index in [4.69, 9.17) is 9.47 Å². The lowest BCUT2D eigenvalue weighted by molar-refractivity contribution is -0.126. The number of rotatable bonds is 4. The second-order valence-electron chi connectivity index (χ2n) is 7.13. The normalized spacial score (nSPS) is 18.1. The Kier molecular flexibility index (Phi) is 4.78. The lowest BCUT2D eigenvalue weighted by Crippen LogP contribution is -2.43. The minimum Gasteiger partial charge on any atom is -0.497 e. The van der Waals surface area contributed by atoms with Crippen LogP contribution in [0, 0.1) is 5.41 Å². The number of hydrogen-bond donors (Lipinski definition) is 0. The molecule has 130 valence electrons. The zero-order valence-corrected chi connectivity index (χ0v) is 15.5. The summed E-state index contributed by atoms with van der Waals surface area (Å²) in [4.78, 5) is 19.5. The third kappa shape index (κ3) is 3.54. The van der Waals surface area contributed by atoms with Crippen LogP contribution in [0.25, 0.3) is 10.2 Å². The molecule has 24 heavy (non-hydrogen) atoms. The molecule has 1 fully saturated rings. The first-order chi connectivity index (χ1) is 11.4. The number of carbonyl (C=O) groups is 1. The highest BCUT2D eigenvalue weighted by Crippen LogP contribution is 2.34. The van der Waals surface area contributed by atoms with Crippen LogP contribution in [0.3, 0.4) is 0 Å². The summed E-state index contributed by atoms with van der Waals surface area (Å²) in [5, 5.41) is 0.730. The lowest BCUT2D eigenvalue weighted by atomic mass is 9.94. The van der Waals surface area contributed by atoms with Crippen LogP contribution in [0.5, 0.6) is 5.75 Å². The molecule has 0 aliphatic carbocycles. The van der Waals surface area contributed by atoms with Gasteiger partial charge in [0.25, 0.3) is 0 Å². The Hall–Kier alpha value is -1.66. The zero-order chi connectivity index (χ0) is 17.3. The van der Waals surface area contributed by atoms with Gasteiger partial charge in [0.05, 0.1) is 30.0 Å². The van der Waals surface area contributed by atoms with E-state index in [0.717, 1.165) is 40.5 Å². The number of nitrogens with zero attached hydrogens (tertiary/aromatic N) is 2. The van der Waals surface area contributed by atoms with Gasteiger partial charge in [-0.25, -0.2) is 4.98 Å². The molecule has 1 aliphatic rings. The van der Waals surface area contributed by atoms with Gasteiger partial charge in [-0.1, -0.05) is 32.1 Å². The number of thiazole rings is 1. The average molecular weight is 348 g/mol. The molecule has 1 amide bonds. The van der Waals surface area contributed by atoms with Crippen LogP contribution in [-0.4, -0.2) is 37.3 Å². The first kappa shape index (κ1) is 17.2. The molecule has 1 aromatic heterocycles. The minimum atomic E-state index is -0.464. The van der Waals surface area contributed by atoms with Gasteiger partial charge in [-0.3, -0.25) is 9.69 Å². The molecule has 0 bridgehead atoms. The number of fused-ring (bicyclic) bond motifs is 1. The fourth-order valence-electron chi connectivity index (χ4n) is 2.78. The molecule has 2 aromatic rings. The minimum absolute atomic E-state index is 0.0732. The van der Waals surface area contributed by atoms with Crippen LogP contribution in [-0.2, 0) is 9.53 Å². The van der Waals surface area contributed by atoms with Gasteiger partial charge in [0.15, 0.2) is 5.13 Å². The van der Waals surface area contributed by atoms with E-state index in [1.54, 1.807) is 12.0 Å². The van der Waals surface area contributed by atoms with Crippen molar-refractivity contribution in [1.82, 2.24) is 4.98 Å². The number of methoxy groups -OCH3 is 1. The molecule has 1 atom stereocenters. The van der Waals surface area contributed by atoms with Crippen molar-refractivity contribution in [3.8, 4) is 5.75 Å². The van der Waals surface area contributed by atoms with Crippen LogP contribution in [0.15, 0.2) is 18.2 Å². The molecule has 6 heteroatoms. The van der Waals surface area contributed by atoms with Crippen LogP contribution in [0.2, 0.25) is 0 Å². The summed E-state index contributed by atoms with van der Waals surface area (Å²) >= 11 is 1.54. The second kappa shape index (κ2) is 6.69. The Morgan fingerprint density at radius 2 is 2.25 bits per heavy atom. The molecule has 0 saturated carbocycles. The molecule has 1 aliphatic heterocycles. The van der Waals surface area contributed by atoms with Crippen molar-refractivity contribution in [3.63, 3.8) is 0 Å². The van der Waals surface area contributed by atoms with Crippen LogP contribution in [0.1, 0.15) is 33.6 Å². The number of carbonyl (C=O) groups excluding carboxylic acids is 1. The highest BCUT2D eigenvalue weighted by atomic mass is 32.1. The van der Waals surface area contributed by atoms with E-state index < -0.39 is 5.41 Å². The van der Waals surface area contributed by atoms with Crippen LogP contribution >= 0.6 is 11.3 Å². The van der Waals surface area contributed by atoms with Crippen molar-refractivity contribution >= 4 is 32.6 Å². The van der Waals surface area contributed by atoms with E-state index in [1.807, 2.05) is 39.0 Å². The maximum atomic E-state index is 13.0. The summed E-state index contributed by atoms with van der Waals surface area (Å²) in [7, 11) is 1.64. The van der Waals surface area contributed by atoms with Crippen molar-refractivity contribution in [1.29, 1.82) is 0 Å². The summed E-state index contributed by atoms with van der Waals surface area (Å²) < 4.78 is 12.1. The first-order valence-corrected chi connectivity index (χ1v) is 9.08. The van der Waals surface area contributed by atoms with Crippen molar-refractivity contribution in [2.45, 2.75) is 39.7 Å². The summed E-state index contributed by atoms with van der Waals surface area (Å²) in [6.07, 6.45) is 2.14. The Labute approximate surface area is 146 Å². The molecule has 1 aromatic carbocycles. The molecular weight excluding hydrogens is 324 g/mol. The van der Waals surface area contributed by atoms with E-state index in [0.29, 0.717) is 6.54 Å². The van der Waals surface area contributed by atoms with E-state index in [1.165, 1.54) is 11.3 Å². The quantitative estimate of drug-likeness (QED) is 0.842. The van der Waals surface area contributed by atoms with Gasteiger partial charge in [-0.05, 0) is 25.0 Å². The number of aromatic nitrogens is 1. The predicted octanol–water partition coefficient (Wildman–Crippen LogP) is 3.86. The van der Waals surface area contributed by atoms with Gasteiger partial charge in [0.2, 0.25) is 5.91 Å². The maximum absolute atomic E-state index is 13.0. The van der Waals surface area contributed by atoms with E-state index in [2.05, 4.69) is 4.98 Å². The summed E-state index contributed by atoms with van der Waals surface area (Å²) in [5.74, 6) is 0.844. The smallest absolute Gasteiger partial charge is 0.234 e. The summed E-state index contributed by atoms with van der Waals surface area (Å²) in [6, 6.07) is 5.81. The lowest BCUT2D eigenvalue weighted by Gasteiger charge is -2.29. The molecule has 5 nitrogen and oxygen atoms in total. The molecule has 1 saturated heterocycles. The van der Waals surface area contributed by atoms with Gasteiger partial charge < -0.3 is 9.47 Å². The van der Waals surface area contributed by atoms with Gasteiger partial charge in [0, 0.05) is 18.1 Å². The fourth-order valence-corrected chi connectivity index (χ4v) is 3.74. The fraction of sp³-hybridized carbons (Fsp3) is 0.556. The average Bonchev–Trinajstić information content (AvgIpc) is 3.19. The zero-order valence-electron chi connectivity index (χ0n) is 14.7. The van der Waals surface area contributed by atoms with Gasteiger partial charge >= 0.3 is 0 Å². The molecule has 3 rings (SSSR count). The topological polar surface area (TPSA) is 51.7 Å². The SMILES string of the molecule is COc1ccc2sc(N(CC3CCCO3)C(=O)C(C)(C)C)nc2c1. The molecular formula is C18H24N2O3S.